The van der Waals surface area contributed by atoms with Crippen LogP contribution in [0.2, 0.25) is 0 Å². The Morgan fingerprint density at radius 3 is 2.59 bits per heavy atom. The van der Waals surface area contributed by atoms with Crippen molar-refractivity contribution in [3.8, 4) is 0 Å². The number of hydrogen-bond acceptors (Lipinski definition) is 2. The lowest BCUT2D eigenvalue weighted by atomic mass is 9.93. The normalized spacial score (nSPS) is 29.8. The van der Waals surface area contributed by atoms with Crippen LogP contribution in [0.5, 0.6) is 0 Å². The molecule has 0 spiro atoms. The number of rotatable bonds is 5. The zero-order valence-corrected chi connectivity index (χ0v) is 14.3. The van der Waals surface area contributed by atoms with E-state index in [9.17, 15) is 9.59 Å². The molecule has 2 aliphatic rings. The van der Waals surface area contributed by atoms with Crippen LogP contribution in [-0.4, -0.2) is 35.0 Å². The molecule has 0 unspecified atom stereocenters. The van der Waals surface area contributed by atoms with Crippen LogP contribution in [-0.2, 0) is 9.59 Å². The molecule has 4 heteroatoms. The molecule has 22 heavy (non-hydrogen) atoms. The average Bonchev–Trinajstić information content (AvgIpc) is 2.96. The number of allylic oxidation sites excluding steroid dienone is 2. The summed E-state index contributed by atoms with van der Waals surface area (Å²) in [7, 11) is 0. The van der Waals surface area contributed by atoms with Crippen molar-refractivity contribution in [2.45, 2.75) is 53.4 Å². The van der Waals surface area contributed by atoms with Crippen molar-refractivity contribution in [3.63, 3.8) is 0 Å². The van der Waals surface area contributed by atoms with Gasteiger partial charge in [0, 0.05) is 19.5 Å². The maximum absolute atomic E-state index is 12.8. The lowest BCUT2D eigenvalue weighted by Gasteiger charge is -2.33. The SMILES string of the molecule is CC(C)=C[C@@H]1[C@@H](C(=O)N2CCC[C@@H](CCC(=O)O)C2)C1(C)C. The topological polar surface area (TPSA) is 57.6 Å². The number of piperidine rings is 1. The molecular weight excluding hydrogens is 278 g/mol. The molecule has 1 saturated heterocycles. The Balaban J connectivity index is 1.95. The maximum Gasteiger partial charge on any atom is 0.303 e. The number of aliphatic carboxylic acids is 1. The van der Waals surface area contributed by atoms with E-state index in [-0.39, 0.29) is 23.7 Å². The molecule has 0 aromatic carbocycles. The first kappa shape index (κ1) is 17.0. The van der Waals surface area contributed by atoms with Crippen LogP contribution < -0.4 is 0 Å². The summed E-state index contributed by atoms with van der Waals surface area (Å²) in [6.45, 7) is 10.1. The Kier molecular flexibility index (Phi) is 4.98. The third-order valence-electron chi connectivity index (χ3n) is 5.29. The highest BCUT2D eigenvalue weighted by atomic mass is 16.4. The quantitative estimate of drug-likeness (QED) is 0.793. The summed E-state index contributed by atoms with van der Waals surface area (Å²) in [5, 5.41) is 8.82. The Bertz CT molecular complexity index is 477. The fourth-order valence-electron chi connectivity index (χ4n) is 3.84. The minimum Gasteiger partial charge on any atom is -0.481 e. The molecule has 0 aromatic rings. The van der Waals surface area contributed by atoms with Gasteiger partial charge in [0.2, 0.25) is 5.91 Å². The van der Waals surface area contributed by atoms with E-state index in [1.54, 1.807) is 0 Å². The molecule has 1 heterocycles. The number of carbonyl (C=O) groups excluding carboxylic acids is 1. The van der Waals surface area contributed by atoms with E-state index < -0.39 is 5.97 Å². The highest BCUT2D eigenvalue weighted by molar-refractivity contribution is 5.84. The number of nitrogens with zero attached hydrogens (tertiary/aromatic N) is 1. The molecule has 3 atom stereocenters. The van der Waals surface area contributed by atoms with Crippen molar-refractivity contribution < 1.29 is 14.7 Å². The second kappa shape index (κ2) is 6.43. The number of amides is 1. The van der Waals surface area contributed by atoms with Gasteiger partial charge in [-0.15, -0.1) is 0 Å². The second-order valence-electron chi connectivity index (χ2n) is 7.79. The molecule has 1 saturated carbocycles. The van der Waals surface area contributed by atoms with Gasteiger partial charge in [-0.3, -0.25) is 9.59 Å². The predicted octanol–water partition coefficient (Wildman–Crippen LogP) is 3.33. The molecule has 0 bridgehead atoms. The molecule has 1 amide bonds. The molecular formula is C18H29NO3. The first-order chi connectivity index (χ1) is 10.2. The summed E-state index contributed by atoms with van der Waals surface area (Å²) < 4.78 is 0. The van der Waals surface area contributed by atoms with Gasteiger partial charge < -0.3 is 10.0 Å². The Hall–Kier alpha value is -1.32. The van der Waals surface area contributed by atoms with Crippen LogP contribution >= 0.6 is 0 Å². The molecule has 2 rings (SSSR count). The van der Waals surface area contributed by atoms with Crippen molar-refractivity contribution in [1.29, 1.82) is 0 Å². The summed E-state index contributed by atoms with van der Waals surface area (Å²) in [6, 6.07) is 0. The Morgan fingerprint density at radius 2 is 2.00 bits per heavy atom. The van der Waals surface area contributed by atoms with E-state index >= 15 is 0 Å². The van der Waals surface area contributed by atoms with Gasteiger partial charge in [-0.05, 0) is 50.4 Å². The number of hydrogen-bond donors (Lipinski definition) is 1. The largest absolute Gasteiger partial charge is 0.481 e. The van der Waals surface area contributed by atoms with Crippen LogP contribution in [0, 0.1) is 23.2 Å². The zero-order valence-electron chi connectivity index (χ0n) is 14.3. The molecule has 0 aromatic heterocycles. The highest BCUT2D eigenvalue weighted by Crippen LogP contribution is 2.60. The summed E-state index contributed by atoms with van der Waals surface area (Å²) in [5.74, 6) is 0.325. The van der Waals surface area contributed by atoms with E-state index in [4.69, 9.17) is 5.11 Å². The van der Waals surface area contributed by atoms with Gasteiger partial charge in [0.25, 0.3) is 0 Å². The second-order valence-corrected chi connectivity index (χ2v) is 7.79. The van der Waals surface area contributed by atoms with E-state index in [0.717, 1.165) is 25.9 Å². The zero-order chi connectivity index (χ0) is 16.5. The van der Waals surface area contributed by atoms with Crippen LogP contribution in [0.1, 0.15) is 53.4 Å². The monoisotopic (exact) mass is 307 g/mol. The van der Waals surface area contributed by atoms with E-state index in [1.807, 2.05) is 4.90 Å². The number of likely N-dealkylation sites (tertiary alicyclic amines) is 1. The van der Waals surface area contributed by atoms with E-state index in [0.29, 0.717) is 18.3 Å². The predicted molar refractivity (Wildman–Crippen MR) is 86.4 cm³/mol. The molecule has 0 radical (unpaired) electrons. The molecule has 124 valence electrons. The minimum absolute atomic E-state index is 0.0579. The van der Waals surface area contributed by atoms with Gasteiger partial charge in [-0.1, -0.05) is 25.5 Å². The van der Waals surface area contributed by atoms with Crippen molar-refractivity contribution in [3.05, 3.63) is 11.6 Å². The average molecular weight is 307 g/mol. The number of carboxylic acid groups (broad SMARTS) is 1. The van der Waals surface area contributed by atoms with E-state index in [2.05, 4.69) is 33.8 Å². The summed E-state index contributed by atoms with van der Waals surface area (Å²) >= 11 is 0. The van der Waals surface area contributed by atoms with Crippen molar-refractivity contribution in [1.82, 2.24) is 4.90 Å². The lowest BCUT2D eigenvalue weighted by Crippen LogP contribution is -2.41. The Labute approximate surface area is 133 Å². The molecule has 1 aliphatic heterocycles. The summed E-state index contributed by atoms with van der Waals surface area (Å²) in [5.41, 5.74) is 1.33. The van der Waals surface area contributed by atoms with Gasteiger partial charge in [0.15, 0.2) is 0 Å². The number of carbonyl (C=O) groups is 2. The van der Waals surface area contributed by atoms with Crippen molar-refractivity contribution >= 4 is 11.9 Å². The van der Waals surface area contributed by atoms with Crippen LogP contribution in [0.25, 0.3) is 0 Å². The standard InChI is InChI=1S/C18H29NO3/c1-12(2)10-14-16(18(14,3)4)17(22)19-9-5-6-13(11-19)7-8-15(20)21/h10,13-14,16H,5-9,11H2,1-4H3,(H,20,21)/t13-,14+,16-/m0/s1. The van der Waals surface area contributed by atoms with E-state index in [1.165, 1.54) is 5.57 Å². The van der Waals surface area contributed by atoms with Crippen LogP contribution in [0.3, 0.4) is 0 Å². The van der Waals surface area contributed by atoms with Crippen LogP contribution in [0.4, 0.5) is 0 Å². The van der Waals surface area contributed by atoms with Crippen molar-refractivity contribution in [2.24, 2.45) is 23.2 Å². The van der Waals surface area contributed by atoms with Crippen molar-refractivity contribution in [2.75, 3.05) is 13.1 Å². The van der Waals surface area contributed by atoms with Gasteiger partial charge in [0.1, 0.15) is 0 Å². The highest BCUT2D eigenvalue weighted by Gasteiger charge is 2.61. The van der Waals surface area contributed by atoms with Crippen LogP contribution in [0.15, 0.2) is 11.6 Å². The minimum atomic E-state index is -0.740. The third kappa shape index (κ3) is 3.71. The van der Waals surface area contributed by atoms with Gasteiger partial charge in [-0.2, -0.15) is 0 Å². The van der Waals surface area contributed by atoms with Gasteiger partial charge in [0.05, 0.1) is 5.92 Å². The molecule has 1 aliphatic carbocycles. The van der Waals surface area contributed by atoms with Gasteiger partial charge in [-0.25, -0.2) is 0 Å². The lowest BCUT2D eigenvalue weighted by molar-refractivity contribution is -0.137. The maximum atomic E-state index is 12.8. The third-order valence-corrected chi connectivity index (χ3v) is 5.29. The first-order valence-electron chi connectivity index (χ1n) is 8.39. The Morgan fingerprint density at radius 1 is 1.32 bits per heavy atom. The first-order valence-corrected chi connectivity index (χ1v) is 8.39. The fourth-order valence-corrected chi connectivity index (χ4v) is 3.84. The molecule has 4 nitrogen and oxygen atoms in total. The number of carboxylic acids is 1. The molecule has 2 fully saturated rings. The summed E-state index contributed by atoms with van der Waals surface area (Å²) in [4.78, 5) is 25.5. The molecule has 1 N–H and O–H groups in total. The van der Waals surface area contributed by atoms with Gasteiger partial charge >= 0.3 is 5.97 Å². The smallest absolute Gasteiger partial charge is 0.303 e. The fraction of sp³-hybridized carbons (Fsp3) is 0.778. The summed E-state index contributed by atoms with van der Waals surface area (Å²) in [6.07, 6.45) is 5.17.